The molecule has 1 amide bonds. The Hall–Kier alpha value is -3.65. The third kappa shape index (κ3) is 6.38. The minimum absolute atomic E-state index is 0.0781. The summed E-state index contributed by atoms with van der Waals surface area (Å²) in [6.07, 6.45) is 5.08. The van der Waals surface area contributed by atoms with Crippen LogP contribution in [0, 0.1) is 11.2 Å². The highest BCUT2D eigenvalue weighted by Gasteiger charge is 2.29. The molecule has 0 radical (unpaired) electrons. The van der Waals surface area contributed by atoms with E-state index in [1.54, 1.807) is 36.5 Å². The van der Waals surface area contributed by atoms with E-state index in [0.29, 0.717) is 29.9 Å². The fourth-order valence-electron chi connectivity index (χ4n) is 5.95. The maximum Gasteiger partial charge on any atom is 0.269 e. The van der Waals surface area contributed by atoms with Gasteiger partial charge in [-0.15, -0.1) is 0 Å². The quantitative estimate of drug-likeness (QED) is 0.233. The number of aromatic amines is 1. The first kappa shape index (κ1) is 28.5. The van der Waals surface area contributed by atoms with Gasteiger partial charge in [0.15, 0.2) is 11.6 Å². The molecular weight excluding hydrogens is 551 g/mol. The lowest BCUT2D eigenvalue weighted by atomic mass is 9.72. The highest BCUT2D eigenvalue weighted by Crippen LogP contribution is 2.43. The van der Waals surface area contributed by atoms with E-state index < -0.39 is 5.82 Å². The molecule has 218 valence electrons. The molecule has 0 spiro atoms. The van der Waals surface area contributed by atoms with Crippen LogP contribution in [0.1, 0.15) is 49.0 Å². The molecule has 1 aliphatic heterocycles. The molecule has 42 heavy (non-hydrogen) atoms. The highest BCUT2D eigenvalue weighted by molar-refractivity contribution is 6.30. The Kier molecular flexibility index (Phi) is 8.08. The van der Waals surface area contributed by atoms with Gasteiger partial charge in [0, 0.05) is 60.9 Å². The number of H-pyrrole nitrogens is 1. The van der Waals surface area contributed by atoms with E-state index in [1.165, 1.54) is 29.2 Å². The van der Waals surface area contributed by atoms with Crippen molar-refractivity contribution >= 4 is 34.0 Å². The van der Waals surface area contributed by atoms with Crippen LogP contribution >= 0.6 is 11.6 Å². The van der Waals surface area contributed by atoms with Crippen LogP contribution in [0.5, 0.6) is 11.5 Å². The summed E-state index contributed by atoms with van der Waals surface area (Å²) in [5.74, 6) is -0.379. The van der Waals surface area contributed by atoms with Crippen LogP contribution in [0.25, 0.3) is 16.5 Å². The smallest absolute Gasteiger partial charge is 0.269 e. The van der Waals surface area contributed by atoms with Crippen molar-refractivity contribution in [1.82, 2.24) is 20.3 Å². The van der Waals surface area contributed by atoms with E-state index in [4.69, 9.17) is 16.3 Å². The number of carbonyl (C=O) groups excluding carboxylic acids is 1. The zero-order valence-corrected chi connectivity index (χ0v) is 24.8. The Morgan fingerprint density at radius 1 is 1.02 bits per heavy atom. The summed E-state index contributed by atoms with van der Waals surface area (Å²) in [5.41, 5.74) is 8.58. The van der Waals surface area contributed by atoms with E-state index in [0.717, 1.165) is 42.9 Å². The molecule has 2 aliphatic rings. The van der Waals surface area contributed by atoms with Crippen LogP contribution in [0.3, 0.4) is 0 Å². The van der Waals surface area contributed by atoms with Gasteiger partial charge in [-0.05, 0) is 72.2 Å². The number of para-hydroxylation sites is 1. The fourth-order valence-corrected chi connectivity index (χ4v) is 6.07. The first-order chi connectivity index (χ1) is 20.2. The molecule has 1 fully saturated rings. The molecule has 4 aromatic rings. The molecule has 2 N–H and O–H groups in total. The van der Waals surface area contributed by atoms with Crippen LogP contribution in [0.4, 0.5) is 4.39 Å². The largest absolute Gasteiger partial charge is 0.453 e. The number of piperazine rings is 1. The van der Waals surface area contributed by atoms with E-state index >= 15 is 0 Å². The summed E-state index contributed by atoms with van der Waals surface area (Å²) >= 11 is 6.17. The average Bonchev–Trinajstić information content (AvgIpc) is 3.43. The summed E-state index contributed by atoms with van der Waals surface area (Å²) in [7, 11) is 0. The number of carbonyl (C=O) groups is 1. The van der Waals surface area contributed by atoms with Crippen molar-refractivity contribution in [3.8, 4) is 11.5 Å². The van der Waals surface area contributed by atoms with Gasteiger partial charge in [0.25, 0.3) is 5.91 Å². The summed E-state index contributed by atoms with van der Waals surface area (Å²) in [4.78, 5) is 18.8. The number of fused-ring (bicyclic) bond motifs is 1. The Morgan fingerprint density at radius 2 is 1.79 bits per heavy atom. The number of aromatic nitrogens is 1. The number of allylic oxidation sites excluding steroid dienone is 1. The monoisotopic (exact) mass is 586 g/mol. The number of ether oxygens (including phenoxy) is 1. The number of hydrazine groups is 1. The molecule has 6 nitrogen and oxygen atoms in total. The lowest BCUT2D eigenvalue weighted by molar-refractivity contribution is 0.0632. The number of rotatable bonds is 7. The standard InChI is InChI=1S/C34H36ClFN4O2/c1-34(2)13-11-25(28(21-34)23-7-9-26(35)10-8-23)22-39-15-17-40(18-16-39)38-33(41)27-5-3-4-6-31(27)42-32-19-24-12-14-37-30(24)20-29(32)36/h3-10,12,14,19-20,37H,11,13,15-18,21-22H2,1-2H3,(H,38,41). The van der Waals surface area contributed by atoms with Crippen LogP contribution in [0.2, 0.25) is 5.02 Å². The predicted molar refractivity (Wildman–Crippen MR) is 166 cm³/mol. The van der Waals surface area contributed by atoms with Crippen LogP contribution < -0.4 is 10.2 Å². The van der Waals surface area contributed by atoms with Crippen molar-refractivity contribution in [2.75, 3.05) is 32.7 Å². The second-order valence-corrected chi connectivity index (χ2v) is 12.5. The Morgan fingerprint density at radius 3 is 2.57 bits per heavy atom. The van der Waals surface area contributed by atoms with Crippen LogP contribution in [-0.2, 0) is 0 Å². The summed E-state index contributed by atoms with van der Waals surface area (Å²) in [6, 6.07) is 20.1. The van der Waals surface area contributed by atoms with Crippen molar-refractivity contribution < 1.29 is 13.9 Å². The van der Waals surface area contributed by atoms with Gasteiger partial charge in [-0.25, -0.2) is 9.40 Å². The minimum atomic E-state index is -0.493. The minimum Gasteiger partial charge on any atom is -0.453 e. The molecule has 0 unspecified atom stereocenters. The van der Waals surface area contributed by atoms with Gasteiger partial charge < -0.3 is 9.72 Å². The number of nitrogens with one attached hydrogen (secondary N) is 2. The SMILES string of the molecule is CC1(C)CCC(CN2CCN(NC(=O)c3ccccc3Oc3cc4cc[nH]c4cc3F)CC2)=C(c2ccc(Cl)cc2)C1. The number of halogens is 2. The zero-order valence-electron chi connectivity index (χ0n) is 24.1. The molecule has 0 bridgehead atoms. The van der Waals surface area contributed by atoms with E-state index in [9.17, 15) is 9.18 Å². The third-order valence-electron chi connectivity index (χ3n) is 8.38. The molecule has 6 rings (SSSR count). The van der Waals surface area contributed by atoms with Crippen molar-refractivity contribution in [2.24, 2.45) is 5.41 Å². The van der Waals surface area contributed by atoms with Crippen molar-refractivity contribution in [3.63, 3.8) is 0 Å². The van der Waals surface area contributed by atoms with Crippen molar-refractivity contribution in [1.29, 1.82) is 0 Å². The zero-order chi connectivity index (χ0) is 29.3. The number of amides is 1. The molecule has 1 saturated heterocycles. The number of benzene rings is 3. The van der Waals surface area contributed by atoms with Crippen LogP contribution in [-0.4, -0.2) is 53.5 Å². The average molecular weight is 587 g/mol. The van der Waals surface area contributed by atoms with E-state index in [1.807, 2.05) is 23.2 Å². The predicted octanol–water partition coefficient (Wildman–Crippen LogP) is 7.68. The van der Waals surface area contributed by atoms with Gasteiger partial charge in [-0.2, -0.15) is 0 Å². The highest BCUT2D eigenvalue weighted by atomic mass is 35.5. The van der Waals surface area contributed by atoms with Gasteiger partial charge in [-0.1, -0.05) is 55.3 Å². The number of hydrogen-bond acceptors (Lipinski definition) is 4. The Balaban J connectivity index is 1.09. The summed E-state index contributed by atoms with van der Waals surface area (Å²) < 4.78 is 20.6. The normalized spacial score (nSPS) is 17.9. The van der Waals surface area contributed by atoms with Crippen LogP contribution in [0.15, 0.2) is 78.5 Å². The lowest BCUT2D eigenvalue weighted by Gasteiger charge is -2.38. The summed E-state index contributed by atoms with van der Waals surface area (Å²) in [5, 5.41) is 3.55. The van der Waals surface area contributed by atoms with E-state index in [-0.39, 0.29) is 17.1 Å². The van der Waals surface area contributed by atoms with Gasteiger partial charge in [0.1, 0.15) is 5.75 Å². The lowest BCUT2D eigenvalue weighted by Crippen LogP contribution is -2.53. The Labute approximate surface area is 251 Å². The molecule has 2 heterocycles. The summed E-state index contributed by atoms with van der Waals surface area (Å²) in [6.45, 7) is 8.75. The molecule has 1 aliphatic carbocycles. The third-order valence-corrected chi connectivity index (χ3v) is 8.63. The van der Waals surface area contributed by atoms with Gasteiger partial charge in [-0.3, -0.25) is 15.1 Å². The van der Waals surface area contributed by atoms with Gasteiger partial charge in [0.05, 0.1) is 5.56 Å². The van der Waals surface area contributed by atoms with Crippen molar-refractivity contribution in [2.45, 2.75) is 33.1 Å². The second kappa shape index (κ2) is 11.9. The topological polar surface area (TPSA) is 60.6 Å². The first-order valence-corrected chi connectivity index (χ1v) is 14.9. The van der Waals surface area contributed by atoms with Gasteiger partial charge in [0.2, 0.25) is 0 Å². The second-order valence-electron chi connectivity index (χ2n) is 12.1. The molecule has 8 heteroatoms. The maximum absolute atomic E-state index is 14.7. The number of hydrogen-bond donors (Lipinski definition) is 2. The van der Waals surface area contributed by atoms with Crippen molar-refractivity contribution in [3.05, 3.63) is 100 Å². The fraction of sp³-hybridized carbons (Fsp3) is 0.324. The molecular formula is C34H36ClFN4O2. The number of nitrogens with zero attached hydrogens (tertiary/aromatic N) is 2. The molecule has 3 aromatic carbocycles. The van der Waals surface area contributed by atoms with E-state index in [2.05, 4.69) is 41.3 Å². The first-order valence-electron chi connectivity index (χ1n) is 14.5. The van der Waals surface area contributed by atoms with Gasteiger partial charge >= 0.3 is 0 Å². The molecule has 0 atom stereocenters. The Bertz CT molecular complexity index is 1620. The maximum atomic E-state index is 14.7. The molecule has 0 saturated carbocycles. The molecule has 1 aromatic heterocycles.